The van der Waals surface area contributed by atoms with Gasteiger partial charge in [-0.15, -0.1) is 0 Å². The fraction of sp³-hybridized carbons (Fsp3) is 0.333. The van der Waals surface area contributed by atoms with Crippen molar-refractivity contribution in [3.8, 4) is 5.69 Å². The summed E-state index contributed by atoms with van der Waals surface area (Å²) in [7, 11) is -3.04. The molecule has 116 valence electrons. The first-order chi connectivity index (χ1) is 10.6. The van der Waals surface area contributed by atoms with Crippen LogP contribution in [0.15, 0.2) is 43.0 Å². The largest absolute Gasteiger partial charge is 0.352 e. The van der Waals surface area contributed by atoms with Crippen molar-refractivity contribution in [3.05, 3.63) is 48.5 Å². The van der Waals surface area contributed by atoms with E-state index in [1.165, 1.54) is 0 Å². The Morgan fingerprint density at radius 2 is 2.18 bits per heavy atom. The van der Waals surface area contributed by atoms with Crippen LogP contribution in [-0.4, -0.2) is 35.4 Å². The van der Waals surface area contributed by atoms with Crippen LogP contribution in [0.3, 0.4) is 0 Å². The van der Waals surface area contributed by atoms with Crippen molar-refractivity contribution in [1.29, 1.82) is 0 Å². The first-order valence-electron chi connectivity index (χ1n) is 7.09. The first kappa shape index (κ1) is 14.8. The molecular weight excluding hydrogens is 302 g/mol. The molecule has 1 fully saturated rings. The van der Waals surface area contributed by atoms with Crippen molar-refractivity contribution in [3.63, 3.8) is 0 Å². The molecule has 0 unspecified atom stereocenters. The van der Waals surface area contributed by atoms with Crippen molar-refractivity contribution in [2.24, 2.45) is 5.92 Å². The van der Waals surface area contributed by atoms with E-state index in [1.807, 2.05) is 35.0 Å². The summed E-state index contributed by atoms with van der Waals surface area (Å²) in [5.74, 6) is -0.550. The Bertz CT molecular complexity index is 769. The van der Waals surface area contributed by atoms with E-state index in [0.717, 1.165) is 11.3 Å². The molecule has 0 radical (unpaired) electrons. The molecule has 0 bridgehead atoms. The van der Waals surface area contributed by atoms with E-state index < -0.39 is 15.8 Å². The molecular formula is C15H17N3O3S. The van der Waals surface area contributed by atoms with Crippen LogP contribution < -0.4 is 5.32 Å². The summed E-state index contributed by atoms with van der Waals surface area (Å²) in [5, 5.41) is 2.84. The first-order valence-corrected chi connectivity index (χ1v) is 8.92. The molecule has 1 aromatic carbocycles. The number of carbonyl (C=O) groups excluding carboxylic acids is 1. The maximum Gasteiger partial charge on any atom is 0.224 e. The number of sulfone groups is 1. The molecule has 7 heteroatoms. The third-order valence-electron chi connectivity index (χ3n) is 3.83. The van der Waals surface area contributed by atoms with Gasteiger partial charge in [0.2, 0.25) is 5.91 Å². The Kier molecular flexibility index (Phi) is 3.98. The Morgan fingerprint density at radius 3 is 2.86 bits per heavy atom. The van der Waals surface area contributed by atoms with Crippen LogP contribution >= 0.6 is 0 Å². The number of benzene rings is 1. The van der Waals surface area contributed by atoms with Gasteiger partial charge in [-0.3, -0.25) is 4.79 Å². The number of nitrogens with zero attached hydrogens (tertiary/aromatic N) is 2. The highest BCUT2D eigenvalue weighted by Gasteiger charge is 2.32. The van der Waals surface area contributed by atoms with Crippen molar-refractivity contribution in [2.45, 2.75) is 13.0 Å². The molecule has 1 aromatic heterocycles. The van der Waals surface area contributed by atoms with E-state index >= 15 is 0 Å². The molecule has 1 aliphatic rings. The Morgan fingerprint density at radius 1 is 1.36 bits per heavy atom. The summed E-state index contributed by atoms with van der Waals surface area (Å²) in [6.07, 6.45) is 5.64. The lowest BCUT2D eigenvalue weighted by molar-refractivity contribution is -0.124. The van der Waals surface area contributed by atoms with Gasteiger partial charge in [-0.05, 0) is 18.1 Å². The van der Waals surface area contributed by atoms with E-state index in [4.69, 9.17) is 0 Å². The zero-order valence-electron chi connectivity index (χ0n) is 12.0. The highest BCUT2D eigenvalue weighted by atomic mass is 32.2. The summed E-state index contributed by atoms with van der Waals surface area (Å²) in [4.78, 5) is 16.1. The fourth-order valence-electron chi connectivity index (χ4n) is 2.64. The number of amides is 1. The van der Waals surface area contributed by atoms with Gasteiger partial charge >= 0.3 is 0 Å². The molecule has 0 spiro atoms. The third-order valence-corrected chi connectivity index (χ3v) is 5.60. The van der Waals surface area contributed by atoms with E-state index in [1.54, 1.807) is 12.5 Å². The van der Waals surface area contributed by atoms with Crippen molar-refractivity contribution >= 4 is 15.7 Å². The number of para-hydroxylation sites is 1. The average Bonchev–Trinajstić information content (AvgIpc) is 3.14. The van der Waals surface area contributed by atoms with Gasteiger partial charge in [0.25, 0.3) is 0 Å². The maximum absolute atomic E-state index is 12.1. The maximum atomic E-state index is 12.1. The lowest BCUT2D eigenvalue weighted by Crippen LogP contribution is -2.31. The standard InChI is InChI=1S/C15H17N3O3S/c19-15(13-5-8-22(20,21)10-13)17-9-12-3-1-2-4-14(12)18-7-6-16-11-18/h1-4,6-7,11,13H,5,8-10H2,(H,17,19)/t13-/m1/s1. The van der Waals surface area contributed by atoms with Crippen LogP contribution in [-0.2, 0) is 21.2 Å². The normalized spacial score (nSPS) is 19.9. The highest BCUT2D eigenvalue weighted by molar-refractivity contribution is 7.91. The van der Waals surface area contributed by atoms with Gasteiger partial charge in [0.1, 0.15) is 0 Å². The minimum atomic E-state index is -3.04. The number of hydrogen-bond donors (Lipinski definition) is 1. The van der Waals surface area contributed by atoms with Crippen molar-refractivity contribution < 1.29 is 13.2 Å². The summed E-state index contributed by atoms with van der Waals surface area (Å²) in [6, 6.07) is 7.70. The number of aromatic nitrogens is 2. The minimum absolute atomic E-state index is 0.0397. The van der Waals surface area contributed by atoms with Gasteiger partial charge in [0.05, 0.1) is 29.4 Å². The second kappa shape index (κ2) is 5.92. The summed E-state index contributed by atoms with van der Waals surface area (Å²) in [5.41, 5.74) is 1.90. The summed E-state index contributed by atoms with van der Waals surface area (Å²) < 4.78 is 24.8. The quantitative estimate of drug-likeness (QED) is 0.909. The van der Waals surface area contributed by atoms with Crippen molar-refractivity contribution in [1.82, 2.24) is 14.9 Å². The van der Waals surface area contributed by atoms with Gasteiger partial charge in [0.15, 0.2) is 9.84 Å². The molecule has 0 aliphatic carbocycles. The SMILES string of the molecule is O=C(NCc1ccccc1-n1ccnc1)[C@@H]1CCS(=O)(=O)C1. The van der Waals surface area contributed by atoms with E-state index in [2.05, 4.69) is 10.3 Å². The number of rotatable bonds is 4. The van der Waals surface area contributed by atoms with E-state index in [0.29, 0.717) is 13.0 Å². The topological polar surface area (TPSA) is 81.1 Å². The molecule has 6 nitrogen and oxygen atoms in total. The zero-order valence-corrected chi connectivity index (χ0v) is 12.8. The Hall–Kier alpha value is -2.15. The Balaban J connectivity index is 1.69. The van der Waals surface area contributed by atoms with Crippen LogP contribution in [0.5, 0.6) is 0 Å². The predicted octanol–water partition coefficient (Wildman–Crippen LogP) is 0.923. The molecule has 1 saturated heterocycles. The van der Waals surface area contributed by atoms with Crippen LogP contribution in [0.4, 0.5) is 0 Å². The van der Waals surface area contributed by atoms with Gasteiger partial charge in [-0.2, -0.15) is 0 Å². The summed E-state index contributed by atoms with van der Waals surface area (Å²) >= 11 is 0. The molecule has 3 rings (SSSR count). The number of nitrogens with one attached hydrogen (secondary N) is 1. The highest BCUT2D eigenvalue weighted by Crippen LogP contribution is 2.19. The monoisotopic (exact) mass is 319 g/mol. The third kappa shape index (κ3) is 3.19. The van der Waals surface area contributed by atoms with E-state index in [-0.39, 0.29) is 17.4 Å². The Labute approximate surface area is 129 Å². The van der Waals surface area contributed by atoms with Crippen LogP contribution in [0.2, 0.25) is 0 Å². The summed E-state index contributed by atoms with van der Waals surface area (Å²) in [6.45, 7) is 0.365. The van der Waals surface area contributed by atoms with Gasteiger partial charge in [-0.1, -0.05) is 18.2 Å². The second-order valence-corrected chi connectivity index (χ2v) is 7.65. The second-order valence-electron chi connectivity index (χ2n) is 5.42. The molecule has 1 atom stereocenters. The predicted molar refractivity (Wildman–Crippen MR) is 82.2 cm³/mol. The number of imidazole rings is 1. The average molecular weight is 319 g/mol. The molecule has 0 saturated carbocycles. The number of hydrogen-bond acceptors (Lipinski definition) is 4. The fourth-order valence-corrected chi connectivity index (χ4v) is 4.38. The molecule has 1 aliphatic heterocycles. The molecule has 2 heterocycles. The van der Waals surface area contributed by atoms with Crippen LogP contribution in [0, 0.1) is 5.92 Å². The lowest BCUT2D eigenvalue weighted by atomic mass is 10.1. The van der Waals surface area contributed by atoms with Crippen LogP contribution in [0.25, 0.3) is 5.69 Å². The number of carbonyl (C=O) groups is 1. The molecule has 1 N–H and O–H groups in total. The van der Waals surface area contributed by atoms with Gasteiger partial charge in [-0.25, -0.2) is 13.4 Å². The van der Waals surface area contributed by atoms with E-state index in [9.17, 15) is 13.2 Å². The molecule has 1 amide bonds. The van der Waals surface area contributed by atoms with Crippen LogP contribution in [0.1, 0.15) is 12.0 Å². The lowest BCUT2D eigenvalue weighted by Gasteiger charge is -2.13. The van der Waals surface area contributed by atoms with Gasteiger partial charge < -0.3 is 9.88 Å². The molecule has 2 aromatic rings. The molecule has 22 heavy (non-hydrogen) atoms. The van der Waals surface area contributed by atoms with Gasteiger partial charge in [0, 0.05) is 18.9 Å². The smallest absolute Gasteiger partial charge is 0.224 e. The minimum Gasteiger partial charge on any atom is -0.352 e. The van der Waals surface area contributed by atoms with Crippen molar-refractivity contribution in [2.75, 3.05) is 11.5 Å². The zero-order chi connectivity index (χ0) is 15.6.